The third kappa shape index (κ3) is 6.01. The Kier molecular flexibility index (Phi) is 6.62. The maximum atomic E-state index is 12.3. The third-order valence-corrected chi connectivity index (χ3v) is 2.95. The lowest BCUT2D eigenvalue weighted by Crippen LogP contribution is -2.47. The van der Waals surface area contributed by atoms with Crippen LogP contribution in [0.3, 0.4) is 0 Å². The second-order valence-electron chi connectivity index (χ2n) is 4.87. The molecule has 2 atom stereocenters. The zero-order valence-electron chi connectivity index (χ0n) is 12.6. The van der Waals surface area contributed by atoms with E-state index >= 15 is 0 Å². The van der Waals surface area contributed by atoms with Gasteiger partial charge in [-0.25, -0.2) is 13.6 Å². The average Bonchev–Trinajstić information content (AvgIpc) is 2.46. The Morgan fingerprint density at radius 1 is 1.30 bits per heavy atom. The van der Waals surface area contributed by atoms with Crippen LogP contribution < -0.4 is 10.1 Å². The van der Waals surface area contributed by atoms with Gasteiger partial charge in [0, 0.05) is 12.0 Å². The molecule has 1 aromatic rings. The highest BCUT2D eigenvalue weighted by molar-refractivity contribution is 5.94. The van der Waals surface area contributed by atoms with E-state index in [0.29, 0.717) is 5.56 Å². The lowest BCUT2D eigenvalue weighted by Gasteiger charge is -2.18. The van der Waals surface area contributed by atoms with E-state index in [1.54, 1.807) is 12.1 Å². The van der Waals surface area contributed by atoms with Crippen LogP contribution in [0.15, 0.2) is 24.3 Å². The molecule has 0 saturated heterocycles. The highest BCUT2D eigenvalue weighted by Gasteiger charge is 2.26. The summed E-state index contributed by atoms with van der Waals surface area (Å²) in [7, 11) is 0. The van der Waals surface area contributed by atoms with E-state index < -0.39 is 36.9 Å². The van der Waals surface area contributed by atoms with Crippen LogP contribution in [-0.2, 0) is 9.59 Å². The Balaban J connectivity index is 2.71. The first kappa shape index (κ1) is 18.5. The van der Waals surface area contributed by atoms with Crippen molar-refractivity contribution >= 4 is 17.7 Å². The van der Waals surface area contributed by atoms with Crippen molar-refractivity contribution in [3.8, 4) is 5.75 Å². The number of amides is 1. The molecular formula is C15H17F2NO5. The average molecular weight is 329 g/mol. The summed E-state index contributed by atoms with van der Waals surface area (Å²) >= 11 is 0. The number of carboxylic acid groups (broad SMARTS) is 1. The van der Waals surface area contributed by atoms with Gasteiger partial charge < -0.3 is 15.2 Å². The highest BCUT2D eigenvalue weighted by Crippen LogP contribution is 2.15. The van der Waals surface area contributed by atoms with Gasteiger partial charge in [-0.05, 0) is 26.0 Å². The molecule has 6 nitrogen and oxygen atoms in total. The topological polar surface area (TPSA) is 92.7 Å². The standard InChI is InChI=1S/C15H17F2NO5/c1-8(19)10-4-3-5-11(6-10)23-9(2)14(20)18-12(15(21)22)7-13(16)17/h3-6,9,12-13H,7H2,1-2H3,(H,18,20)(H,21,22). The van der Waals surface area contributed by atoms with E-state index in [1.165, 1.54) is 26.0 Å². The van der Waals surface area contributed by atoms with E-state index in [9.17, 15) is 23.2 Å². The fourth-order valence-corrected chi connectivity index (χ4v) is 1.73. The molecule has 0 heterocycles. The van der Waals surface area contributed by atoms with Crippen LogP contribution in [0, 0.1) is 0 Å². The van der Waals surface area contributed by atoms with Gasteiger partial charge in [0.25, 0.3) is 5.91 Å². The quantitative estimate of drug-likeness (QED) is 0.711. The Hall–Kier alpha value is -2.51. The summed E-state index contributed by atoms with van der Waals surface area (Å²) in [5.41, 5.74) is 0.385. The molecule has 126 valence electrons. The molecule has 2 N–H and O–H groups in total. The summed E-state index contributed by atoms with van der Waals surface area (Å²) in [6, 6.07) is 4.39. The molecule has 0 aromatic heterocycles. The van der Waals surface area contributed by atoms with E-state index in [0.717, 1.165) is 0 Å². The number of hydrogen-bond donors (Lipinski definition) is 2. The Morgan fingerprint density at radius 2 is 1.96 bits per heavy atom. The lowest BCUT2D eigenvalue weighted by molar-refractivity contribution is -0.144. The minimum atomic E-state index is -2.86. The van der Waals surface area contributed by atoms with Crippen LogP contribution in [0.2, 0.25) is 0 Å². The smallest absolute Gasteiger partial charge is 0.326 e. The minimum Gasteiger partial charge on any atom is -0.481 e. The molecule has 1 aromatic carbocycles. The second-order valence-corrected chi connectivity index (χ2v) is 4.87. The summed E-state index contributed by atoms with van der Waals surface area (Å²) in [5.74, 6) is -2.34. The second kappa shape index (κ2) is 8.21. The number of benzene rings is 1. The van der Waals surface area contributed by atoms with Gasteiger partial charge in [-0.1, -0.05) is 12.1 Å². The number of carboxylic acids is 1. The Labute approximate surface area is 131 Å². The van der Waals surface area contributed by atoms with Gasteiger partial charge in [0.1, 0.15) is 11.8 Å². The zero-order chi connectivity index (χ0) is 17.6. The van der Waals surface area contributed by atoms with E-state index in [-0.39, 0.29) is 11.5 Å². The maximum Gasteiger partial charge on any atom is 0.326 e. The summed E-state index contributed by atoms with van der Waals surface area (Å²) in [5, 5.41) is 10.8. The summed E-state index contributed by atoms with van der Waals surface area (Å²) < 4.78 is 29.9. The Bertz CT molecular complexity index is 591. The number of alkyl halides is 2. The molecule has 23 heavy (non-hydrogen) atoms. The lowest BCUT2D eigenvalue weighted by atomic mass is 10.1. The number of ketones is 1. The molecule has 0 aliphatic heterocycles. The van der Waals surface area contributed by atoms with Gasteiger partial charge in [-0.3, -0.25) is 9.59 Å². The number of carbonyl (C=O) groups excluding carboxylic acids is 2. The van der Waals surface area contributed by atoms with Crippen LogP contribution in [0.1, 0.15) is 30.6 Å². The number of halogens is 2. The monoisotopic (exact) mass is 329 g/mol. The molecule has 0 spiro atoms. The number of Topliss-reactive ketones (excluding diaryl/α,β-unsaturated/α-hetero) is 1. The van der Waals surface area contributed by atoms with Crippen molar-refractivity contribution in [1.82, 2.24) is 5.32 Å². The van der Waals surface area contributed by atoms with Crippen LogP contribution in [0.4, 0.5) is 8.78 Å². The van der Waals surface area contributed by atoms with Crippen LogP contribution in [-0.4, -0.2) is 41.3 Å². The molecule has 0 bridgehead atoms. The molecule has 0 aliphatic carbocycles. The number of rotatable bonds is 8. The molecule has 0 radical (unpaired) electrons. The summed E-state index contributed by atoms with van der Waals surface area (Å²) in [4.78, 5) is 34.0. The van der Waals surface area contributed by atoms with Crippen molar-refractivity contribution in [2.24, 2.45) is 0 Å². The van der Waals surface area contributed by atoms with E-state index in [1.807, 2.05) is 5.32 Å². The fraction of sp³-hybridized carbons (Fsp3) is 0.400. The normalized spacial score (nSPS) is 13.3. The number of carbonyl (C=O) groups is 3. The first-order valence-corrected chi connectivity index (χ1v) is 6.79. The van der Waals surface area contributed by atoms with Crippen molar-refractivity contribution in [3.05, 3.63) is 29.8 Å². The van der Waals surface area contributed by atoms with Crippen molar-refractivity contribution in [2.45, 2.75) is 38.8 Å². The van der Waals surface area contributed by atoms with Crippen LogP contribution in [0.25, 0.3) is 0 Å². The number of aliphatic carboxylic acids is 1. The SMILES string of the molecule is CC(=O)c1cccc(OC(C)C(=O)NC(CC(F)F)C(=O)O)c1. The fourth-order valence-electron chi connectivity index (χ4n) is 1.73. The van der Waals surface area contributed by atoms with Crippen molar-refractivity contribution < 1.29 is 33.0 Å². The van der Waals surface area contributed by atoms with E-state index in [4.69, 9.17) is 9.84 Å². The molecule has 8 heteroatoms. The largest absolute Gasteiger partial charge is 0.481 e. The van der Waals surface area contributed by atoms with Crippen molar-refractivity contribution in [2.75, 3.05) is 0 Å². The van der Waals surface area contributed by atoms with E-state index in [2.05, 4.69) is 0 Å². The molecule has 0 saturated carbocycles. The molecular weight excluding hydrogens is 312 g/mol. The van der Waals surface area contributed by atoms with Crippen LogP contribution in [0.5, 0.6) is 5.75 Å². The van der Waals surface area contributed by atoms with Crippen LogP contribution >= 0.6 is 0 Å². The van der Waals surface area contributed by atoms with Crippen molar-refractivity contribution in [3.63, 3.8) is 0 Å². The number of ether oxygens (including phenoxy) is 1. The Morgan fingerprint density at radius 3 is 2.48 bits per heavy atom. The summed E-state index contributed by atoms with van der Waals surface area (Å²) in [6.45, 7) is 2.72. The van der Waals surface area contributed by atoms with Gasteiger partial charge in [0.05, 0.1) is 0 Å². The first-order chi connectivity index (χ1) is 10.7. The highest BCUT2D eigenvalue weighted by atomic mass is 19.3. The molecule has 0 aliphatic rings. The van der Waals surface area contributed by atoms with Gasteiger partial charge in [0.2, 0.25) is 6.43 Å². The van der Waals surface area contributed by atoms with Gasteiger partial charge in [0.15, 0.2) is 11.9 Å². The van der Waals surface area contributed by atoms with Crippen molar-refractivity contribution in [1.29, 1.82) is 0 Å². The van der Waals surface area contributed by atoms with Gasteiger partial charge in [-0.2, -0.15) is 0 Å². The maximum absolute atomic E-state index is 12.3. The zero-order valence-corrected chi connectivity index (χ0v) is 12.6. The number of hydrogen-bond acceptors (Lipinski definition) is 4. The third-order valence-electron chi connectivity index (χ3n) is 2.95. The van der Waals surface area contributed by atoms with Gasteiger partial charge in [-0.15, -0.1) is 0 Å². The number of nitrogens with one attached hydrogen (secondary N) is 1. The predicted octanol–water partition coefficient (Wildman–Crippen LogP) is 1.88. The molecule has 1 rings (SSSR count). The summed E-state index contributed by atoms with van der Waals surface area (Å²) in [6.07, 6.45) is -4.97. The van der Waals surface area contributed by atoms with Gasteiger partial charge >= 0.3 is 5.97 Å². The predicted molar refractivity (Wildman–Crippen MR) is 76.7 cm³/mol. The molecule has 2 unspecified atom stereocenters. The minimum absolute atomic E-state index is 0.185. The molecule has 1 amide bonds. The first-order valence-electron chi connectivity index (χ1n) is 6.79. The molecule has 0 fully saturated rings.